The molecule has 2 bridgehead atoms. The number of aryl methyl sites for hydroxylation is 1. The fraction of sp³-hybridized carbons (Fsp3) is 0.545. The van der Waals surface area contributed by atoms with Crippen molar-refractivity contribution in [1.29, 1.82) is 0 Å². The summed E-state index contributed by atoms with van der Waals surface area (Å²) in [4.78, 5) is 24.7. The molecule has 2 aliphatic carbocycles. The van der Waals surface area contributed by atoms with E-state index in [-0.39, 0.29) is 24.3 Å². The molecule has 2 saturated carbocycles. The van der Waals surface area contributed by atoms with Gasteiger partial charge in [0.1, 0.15) is 11.3 Å². The van der Waals surface area contributed by atoms with Gasteiger partial charge in [0, 0.05) is 17.0 Å². The number of methoxy groups -OCH3 is 1. The van der Waals surface area contributed by atoms with Crippen LogP contribution in [0, 0.1) is 24.7 Å². The Labute approximate surface area is 164 Å². The van der Waals surface area contributed by atoms with Crippen LogP contribution in [-0.4, -0.2) is 31.6 Å². The van der Waals surface area contributed by atoms with E-state index in [1.54, 1.807) is 26.2 Å². The second-order valence-corrected chi connectivity index (χ2v) is 8.19. The minimum atomic E-state index is -0.629. The summed E-state index contributed by atoms with van der Waals surface area (Å²) in [6, 6.07) is 5.45. The third-order valence-electron chi connectivity index (χ3n) is 6.49. The largest absolute Gasteiger partial charge is 0.497 e. The van der Waals surface area contributed by atoms with E-state index in [4.69, 9.17) is 13.9 Å². The Morgan fingerprint density at radius 1 is 1.29 bits per heavy atom. The number of hydrogen-bond donors (Lipinski definition) is 1. The first-order valence-electron chi connectivity index (χ1n) is 10.00. The van der Waals surface area contributed by atoms with E-state index >= 15 is 0 Å². The van der Waals surface area contributed by atoms with Gasteiger partial charge in [-0.2, -0.15) is 0 Å². The van der Waals surface area contributed by atoms with Crippen molar-refractivity contribution in [2.45, 2.75) is 45.6 Å². The molecule has 0 saturated heterocycles. The minimum absolute atomic E-state index is 0.113. The highest BCUT2D eigenvalue weighted by atomic mass is 16.5. The fourth-order valence-electron chi connectivity index (χ4n) is 5.03. The summed E-state index contributed by atoms with van der Waals surface area (Å²) in [5.74, 6) is 2.03. The zero-order valence-corrected chi connectivity index (χ0v) is 16.6. The Morgan fingerprint density at radius 2 is 2.11 bits per heavy atom. The number of carbonyl (C=O) groups is 2. The number of esters is 1. The molecule has 2 aliphatic rings. The highest BCUT2D eigenvalue weighted by molar-refractivity contribution is 5.97. The Bertz CT molecular complexity index is 902. The Balaban J connectivity index is 1.34. The zero-order valence-electron chi connectivity index (χ0n) is 16.6. The molecule has 0 unspecified atom stereocenters. The number of hydrogen-bond acceptors (Lipinski definition) is 5. The van der Waals surface area contributed by atoms with Crippen LogP contribution in [0.3, 0.4) is 0 Å². The van der Waals surface area contributed by atoms with Gasteiger partial charge >= 0.3 is 5.97 Å². The molecule has 1 aromatic heterocycles. The van der Waals surface area contributed by atoms with E-state index in [1.165, 1.54) is 25.7 Å². The van der Waals surface area contributed by atoms with Gasteiger partial charge in [0.05, 0.1) is 7.11 Å². The van der Waals surface area contributed by atoms with Crippen molar-refractivity contribution in [3.8, 4) is 5.75 Å². The minimum Gasteiger partial charge on any atom is -0.497 e. The molecule has 4 atom stereocenters. The molecule has 1 heterocycles. The first-order valence-corrected chi connectivity index (χ1v) is 10.00. The van der Waals surface area contributed by atoms with Crippen LogP contribution in [0.4, 0.5) is 0 Å². The molecule has 0 aliphatic heterocycles. The standard InChI is InChI=1S/C22H27NO5/c1-12-17-10-16(26-3)6-7-19(17)28-21(12)22(25)27-11-20(24)23-13(2)18-9-14-4-5-15(18)8-14/h6-7,10,13-15,18H,4-5,8-9,11H2,1-3H3,(H,23,24)/t13-,14+,15+,18-/m1/s1. The molecule has 4 rings (SSSR count). The van der Waals surface area contributed by atoms with Crippen molar-refractivity contribution < 1.29 is 23.5 Å². The smallest absolute Gasteiger partial charge is 0.375 e. The molecule has 28 heavy (non-hydrogen) atoms. The molecule has 2 fully saturated rings. The van der Waals surface area contributed by atoms with Gasteiger partial charge in [-0.25, -0.2) is 4.79 Å². The van der Waals surface area contributed by atoms with Crippen LogP contribution in [0.15, 0.2) is 22.6 Å². The maximum Gasteiger partial charge on any atom is 0.375 e. The number of carbonyl (C=O) groups excluding carboxylic acids is 2. The summed E-state index contributed by atoms with van der Waals surface area (Å²) in [6.45, 7) is 3.55. The predicted molar refractivity (Wildman–Crippen MR) is 104 cm³/mol. The molecular weight excluding hydrogens is 358 g/mol. The maximum atomic E-state index is 12.4. The zero-order chi connectivity index (χ0) is 19.8. The van der Waals surface area contributed by atoms with Crippen LogP contribution >= 0.6 is 0 Å². The van der Waals surface area contributed by atoms with Crippen molar-refractivity contribution in [3.63, 3.8) is 0 Å². The van der Waals surface area contributed by atoms with Crippen molar-refractivity contribution in [1.82, 2.24) is 5.32 Å². The molecular formula is C22H27NO5. The average Bonchev–Trinajstić information content (AvgIpc) is 3.40. The van der Waals surface area contributed by atoms with Gasteiger partial charge < -0.3 is 19.2 Å². The molecule has 6 heteroatoms. The lowest BCUT2D eigenvalue weighted by atomic mass is 9.84. The molecule has 1 amide bonds. The number of ether oxygens (including phenoxy) is 2. The average molecular weight is 385 g/mol. The monoisotopic (exact) mass is 385 g/mol. The lowest BCUT2D eigenvalue weighted by Gasteiger charge is -2.28. The van der Waals surface area contributed by atoms with Gasteiger partial charge in [-0.15, -0.1) is 0 Å². The lowest BCUT2D eigenvalue weighted by molar-refractivity contribution is -0.125. The highest BCUT2D eigenvalue weighted by Crippen LogP contribution is 2.49. The fourth-order valence-corrected chi connectivity index (χ4v) is 5.03. The maximum absolute atomic E-state index is 12.4. The van der Waals surface area contributed by atoms with E-state index < -0.39 is 5.97 Å². The molecule has 150 valence electrons. The summed E-state index contributed by atoms with van der Waals surface area (Å²) in [5.41, 5.74) is 1.26. The molecule has 0 radical (unpaired) electrons. The van der Waals surface area contributed by atoms with E-state index in [1.807, 2.05) is 6.07 Å². The second-order valence-electron chi connectivity index (χ2n) is 8.19. The predicted octanol–water partition coefficient (Wildman–Crippen LogP) is 3.85. The summed E-state index contributed by atoms with van der Waals surface area (Å²) >= 11 is 0. The molecule has 0 spiro atoms. The number of amides is 1. The summed E-state index contributed by atoms with van der Waals surface area (Å²) in [7, 11) is 1.59. The van der Waals surface area contributed by atoms with Crippen molar-refractivity contribution in [2.24, 2.45) is 17.8 Å². The van der Waals surface area contributed by atoms with Crippen molar-refractivity contribution in [2.75, 3.05) is 13.7 Å². The van der Waals surface area contributed by atoms with Crippen LogP contribution in [0.5, 0.6) is 5.75 Å². The van der Waals surface area contributed by atoms with E-state index in [9.17, 15) is 9.59 Å². The van der Waals surface area contributed by atoms with Crippen molar-refractivity contribution in [3.05, 3.63) is 29.5 Å². The van der Waals surface area contributed by atoms with E-state index in [0.29, 0.717) is 22.8 Å². The number of fused-ring (bicyclic) bond motifs is 3. The summed E-state index contributed by atoms with van der Waals surface area (Å²) in [5, 5.41) is 3.80. The van der Waals surface area contributed by atoms with Crippen LogP contribution in [0.1, 0.15) is 48.7 Å². The van der Waals surface area contributed by atoms with Crippen LogP contribution in [0.25, 0.3) is 11.0 Å². The normalized spacial score (nSPS) is 24.3. The SMILES string of the molecule is COc1ccc2oc(C(=O)OCC(=O)N[C@H](C)[C@H]3C[C@H]4CC[C@H]3C4)c(C)c2c1. The van der Waals surface area contributed by atoms with Crippen molar-refractivity contribution >= 4 is 22.8 Å². The summed E-state index contributed by atoms with van der Waals surface area (Å²) in [6.07, 6.45) is 5.12. The second kappa shape index (κ2) is 7.49. The van der Waals surface area contributed by atoms with Crippen LogP contribution in [-0.2, 0) is 9.53 Å². The van der Waals surface area contributed by atoms with Crippen LogP contribution < -0.4 is 10.1 Å². The highest BCUT2D eigenvalue weighted by Gasteiger charge is 2.42. The Morgan fingerprint density at radius 3 is 2.79 bits per heavy atom. The number of furan rings is 1. The van der Waals surface area contributed by atoms with Gasteiger partial charge in [0.2, 0.25) is 5.76 Å². The van der Waals surface area contributed by atoms with Gasteiger partial charge in [0.15, 0.2) is 6.61 Å². The molecule has 2 aromatic rings. The lowest BCUT2D eigenvalue weighted by Crippen LogP contribution is -2.42. The number of rotatable bonds is 6. The topological polar surface area (TPSA) is 77.8 Å². The summed E-state index contributed by atoms with van der Waals surface area (Å²) < 4.78 is 16.0. The Hall–Kier alpha value is -2.50. The first-order chi connectivity index (χ1) is 13.5. The van der Waals surface area contributed by atoms with Gasteiger partial charge in [-0.3, -0.25) is 4.79 Å². The third kappa shape index (κ3) is 3.48. The van der Waals surface area contributed by atoms with E-state index in [0.717, 1.165) is 17.2 Å². The van der Waals surface area contributed by atoms with Crippen LogP contribution in [0.2, 0.25) is 0 Å². The van der Waals surface area contributed by atoms with E-state index in [2.05, 4.69) is 12.2 Å². The molecule has 6 nitrogen and oxygen atoms in total. The Kier molecular flexibility index (Phi) is 5.04. The third-order valence-corrected chi connectivity index (χ3v) is 6.49. The van der Waals surface area contributed by atoms with Gasteiger partial charge in [0.25, 0.3) is 5.91 Å². The van der Waals surface area contributed by atoms with Gasteiger partial charge in [-0.05, 0) is 69.1 Å². The first kappa shape index (κ1) is 18.8. The molecule has 1 N–H and O–H groups in total. The molecule has 1 aromatic carbocycles. The van der Waals surface area contributed by atoms with Gasteiger partial charge in [-0.1, -0.05) is 6.42 Å². The quantitative estimate of drug-likeness (QED) is 0.764. The number of benzene rings is 1. The number of nitrogens with one attached hydrogen (secondary N) is 1.